The van der Waals surface area contributed by atoms with E-state index in [0.717, 1.165) is 38.9 Å². The number of piperidine rings is 1. The van der Waals surface area contributed by atoms with Gasteiger partial charge in [-0.05, 0) is 50.8 Å². The predicted molar refractivity (Wildman–Crippen MR) is 85.4 cm³/mol. The quantitative estimate of drug-likeness (QED) is 0.896. The molecule has 0 saturated carbocycles. The lowest BCUT2D eigenvalue weighted by Gasteiger charge is -2.32. The van der Waals surface area contributed by atoms with Crippen LogP contribution >= 0.6 is 12.4 Å². The summed E-state index contributed by atoms with van der Waals surface area (Å²) >= 11 is 0. The van der Waals surface area contributed by atoms with E-state index in [1.807, 2.05) is 6.07 Å². The van der Waals surface area contributed by atoms with Gasteiger partial charge in [0.05, 0.1) is 5.41 Å². The molecule has 1 amide bonds. The molecule has 1 aliphatic heterocycles. The van der Waals surface area contributed by atoms with Gasteiger partial charge in [0, 0.05) is 13.1 Å². The van der Waals surface area contributed by atoms with Crippen LogP contribution in [0.5, 0.6) is 0 Å². The molecule has 0 bridgehead atoms. The van der Waals surface area contributed by atoms with Gasteiger partial charge in [-0.25, -0.2) is 0 Å². The van der Waals surface area contributed by atoms with Crippen molar-refractivity contribution in [3.8, 4) is 0 Å². The Morgan fingerprint density at radius 3 is 2.80 bits per heavy atom. The number of rotatable bonds is 4. The summed E-state index contributed by atoms with van der Waals surface area (Å²) in [6.07, 6.45) is 2.97. The van der Waals surface area contributed by atoms with Gasteiger partial charge in [-0.3, -0.25) is 4.79 Å². The molecule has 4 heteroatoms. The monoisotopic (exact) mass is 296 g/mol. The third-order valence-electron chi connectivity index (χ3n) is 4.09. The fourth-order valence-corrected chi connectivity index (χ4v) is 2.66. The van der Waals surface area contributed by atoms with Crippen LogP contribution in [0.3, 0.4) is 0 Å². The van der Waals surface area contributed by atoms with Crippen LogP contribution in [0.15, 0.2) is 24.3 Å². The number of carbonyl (C=O) groups is 1. The maximum atomic E-state index is 12.2. The van der Waals surface area contributed by atoms with Crippen molar-refractivity contribution in [2.75, 3.05) is 19.6 Å². The Morgan fingerprint density at radius 2 is 2.15 bits per heavy atom. The Hall–Kier alpha value is -1.06. The van der Waals surface area contributed by atoms with Crippen LogP contribution in [0.2, 0.25) is 0 Å². The smallest absolute Gasteiger partial charge is 0.227 e. The molecule has 1 fully saturated rings. The first-order valence-electron chi connectivity index (χ1n) is 7.15. The van der Waals surface area contributed by atoms with E-state index >= 15 is 0 Å². The number of benzene rings is 1. The first kappa shape index (κ1) is 17.0. The molecule has 20 heavy (non-hydrogen) atoms. The van der Waals surface area contributed by atoms with Crippen molar-refractivity contribution >= 4 is 18.3 Å². The van der Waals surface area contributed by atoms with Crippen molar-refractivity contribution in [1.82, 2.24) is 10.6 Å². The lowest BCUT2D eigenvalue weighted by atomic mass is 9.82. The maximum Gasteiger partial charge on any atom is 0.227 e. The van der Waals surface area contributed by atoms with Crippen LogP contribution in [0.25, 0.3) is 0 Å². The fourth-order valence-electron chi connectivity index (χ4n) is 2.66. The summed E-state index contributed by atoms with van der Waals surface area (Å²) in [5.41, 5.74) is 2.38. The number of hydrogen-bond acceptors (Lipinski definition) is 2. The molecular weight excluding hydrogens is 272 g/mol. The van der Waals surface area contributed by atoms with E-state index in [9.17, 15) is 4.79 Å². The highest BCUT2D eigenvalue weighted by Gasteiger charge is 2.34. The summed E-state index contributed by atoms with van der Waals surface area (Å²) in [6.45, 7) is 6.72. The first-order valence-corrected chi connectivity index (χ1v) is 7.15. The number of hydrogen-bond donors (Lipinski definition) is 2. The lowest BCUT2D eigenvalue weighted by Crippen LogP contribution is -2.49. The molecule has 1 heterocycles. The van der Waals surface area contributed by atoms with Crippen molar-refractivity contribution in [3.05, 3.63) is 35.4 Å². The second-order valence-electron chi connectivity index (χ2n) is 5.77. The second-order valence-corrected chi connectivity index (χ2v) is 5.77. The molecule has 1 aliphatic rings. The lowest BCUT2D eigenvalue weighted by molar-refractivity contribution is -0.131. The molecule has 2 N–H and O–H groups in total. The predicted octanol–water partition coefficient (Wildman–Crippen LogP) is 2.47. The highest BCUT2D eigenvalue weighted by Crippen LogP contribution is 2.25. The Morgan fingerprint density at radius 1 is 1.40 bits per heavy atom. The number of nitrogens with one attached hydrogen (secondary N) is 2. The van der Waals surface area contributed by atoms with E-state index < -0.39 is 0 Å². The van der Waals surface area contributed by atoms with Crippen LogP contribution in [0, 0.1) is 12.3 Å². The summed E-state index contributed by atoms with van der Waals surface area (Å²) in [4.78, 5) is 12.2. The summed E-state index contributed by atoms with van der Waals surface area (Å²) in [7, 11) is 0. The molecule has 1 aromatic carbocycles. The summed E-state index contributed by atoms with van der Waals surface area (Å²) in [6, 6.07) is 8.34. The molecule has 1 aromatic rings. The number of carbonyl (C=O) groups excluding carboxylic acids is 1. The second kappa shape index (κ2) is 7.65. The molecule has 1 unspecified atom stereocenters. The molecule has 3 nitrogen and oxygen atoms in total. The molecule has 0 aromatic heterocycles. The van der Waals surface area contributed by atoms with E-state index in [1.165, 1.54) is 11.1 Å². The molecule has 112 valence electrons. The SMILES string of the molecule is Cc1ccccc1CCNC(=O)C1(C)CCCNC1.Cl. The molecular formula is C16H25ClN2O. The Kier molecular flexibility index (Phi) is 6.50. The van der Waals surface area contributed by atoms with Crippen LogP contribution in [0.4, 0.5) is 0 Å². The summed E-state index contributed by atoms with van der Waals surface area (Å²) < 4.78 is 0. The minimum Gasteiger partial charge on any atom is -0.355 e. The third kappa shape index (κ3) is 4.22. The number of amides is 1. The largest absolute Gasteiger partial charge is 0.355 e. The van der Waals surface area contributed by atoms with E-state index in [2.05, 4.69) is 42.7 Å². The van der Waals surface area contributed by atoms with Gasteiger partial charge < -0.3 is 10.6 Å². The van der Waals surface area contributed by atoms with Crippen LogP contribution in [0.1, 0.15) is 30.9 Å². The van der Waals surface area contributed by atoms with E-state index in [-0.39, 0.29) is 23.7 Å². The molecule has 1 atom stereocenters. The van der Waals surface area contributed by atoms with Crippen LogP contribution in [-0.4, -0.2) is 25.5 Å². The Balaban J connectivity index is 0.00000200. The molecule has 0 aliphatic carbocycles. The van der Waals surface area contributed by atoms with Gasteiger partial charge in [0.2, 0.25) is 5.91 Å². The Labute approximate surface area is 127 Å². The van der Waals surface area contributed by atoms with Gasteiger partial charge in [0.1, 0.15) is 0 Å². The Bertz CT molecular complexity index is 442. The van der Waals surface area contributed by atoms with Crippen molar-refractivity contribution in [2.45, 2.75) is 33.1 Å². The average Bonchev–Trinajstić information content (AvgIpc) is 2.41. The molecule has 0 spiro atoms. The number of aryl methyl sites for hydroxylation is 1. The zero-order chi connectivity index (χ0) is 13.7. The van der Waals surface area contributed by atoms with Gasteiger partial charge in [0.25, 0.3) is 0 Å². The highest BCUT2D eigenvalue weighted by molar-refractivity contribution is 5.85. The minimum atomic E-state index is -0.232. The molecule has 0 radical (unpaired) electrons. The van der Waals surface area contributed by atoms with Gasteiger partial charge in [-0.1, -0.05) is 24.3 Å². The minimum absolute atomic E-state index is 0. The van der Waals surface area contributed by atoms with Gasteiger partial charge in [-0.2, -0.15) is 0 Å². The fraction of sp³-hybridized carbons (Fsp3) is 0.562. The highest BCUT2D eigenvalue weighted by atomic mass is 35.5. The van der Waals surface area contributed by atoms with Gasteiger partial charge in [-0.15, -0.1) is 12.4 Å². The summed E-state index contributed by atoms with van der Waals surface area (Å²) in [5, 5.41) is 6.40. The zero-order valence-electron chi connectivity index (χ0n) is 12.4. The molecule has 2 rings (SSSR count). The van der Waals surface area contributed by atoms with Gasteiger partial charge >= 0.3 is 0 Å². The molecule has 1 saturated heterocycles. The van der Waals surface area contributed by atoms with E-state index in [4.69, 9.17) is 0 Å². The normalized spacial score (nSPS) is 21.9. The average molecular weight is 297 g/mol. The topological polar surface area (TPSA) is 41.1 Å². The van der Waals surface area contributed by atoms with E-state index in [1.54, 1.807) is 0 Å². The third-order valence-corrected chi connectivity index (χ3v) is 4.09. The first-order chi connectivity index (χ1) is 9.12. The van der Waals surface area contributed by atoms with Gasteiger partial charge in [0.15, 0.2) is 0 Å². The van der Waals surface area contributed by atoms with Crippen molar-refractivity contribution < 1.29 is 4.79 Å². The van der Waals surface area contributed by atoms with Crippen LogP contribution < -0.4 is 10.6 Å². The van der Waals surface area contributed by atoms with Crippen molar-refractivity contribution in [1.29, 1.82) is 0 Å². The maximum absolute atomic E-state index is 12.2. The van der Waals surface area contributed by atoms with Crippen molar-refractivity contribution in [2.24, 2.45) is 5.41 Å². The van der Waals surface area contributed by atoms with Crippen molar-refractivity contribution in [3.63, 3.8) is 0 Å². The summed E-state index contributed by atoms with van der Waals surface area (Å²) in [5.74, 6) is 0.188. The van der Waals surface area contributed by atoms with Crippen LogP contribution in [-0.2, 0) is 11.2 Å². The van der Waals surface area contributed by atoms with E-state index in [0.29, 0.717) is 0 Å². The zero-order valence-corrected chi connectivity index (χ0v) is 13.2. The standard InChI is InChI=1S/C16H24N2O.ClH/c1-13-6-3-4-7-14(13)8-11-18-15(19)16(2)9-5-10-17-12-16;/h3-4,6-7,17H,5,8-12H2,1-2H3,(H,18,19);1H. The number of halogens is 1.